The van der Waals surface area contributed by atoms with E-state index in [1.165, 1.54) is 24.8 Å². The van der Waals surface area contributed by atoms with Crippen LogP contribution in [0.5, 0.6) is 0 Å². The topological polar surface area (TPSA) is 9.23 Å². The molecule has 3 atom stereocenters. The molecule has 1 saturated carbocycles. The zero-order valence-corrected chi connectivity index (χ0v) is 12.6. The molecule has 0 amide bonds. The van der Waals surface area contributed by atoms with Gasteiger partial charge in [-0.25, -0.2) is 0 Å². The van der Waals surface area contributed by atoms with E-state index in [1.54, 1.807) is 0 Å². The average Bonchev–Trinajstić information content (AvgIpc) is 2.46. The minimum atomic E-state index is 0.363. The molecule has 2 heteroatoms. The van der Waals surface area contributed by atoms with Crippen LogP contribution < -0.4 is 0 Å². The first-order valence-electron chi connectivity index (χ1n) is 7.58. The van der Waals surface area contributed by atoms with Crippen molar-refractivity contribution in [1.29, 1.82) is 0 Å². The van der Waals surface area contributed by atoms with Gasteiger partial charge in [0.1, 0.15) is 0 Å². The third-order valence-electron chi connectivity index (χ3n) is 4.23. The highest BCUT2D eigenvalue weighted by Gasteiger charge is 2.29. The largest absolute Gasteiger partial charge is 0.382 e. The van der Waals surface area contributed by atoms with Crippen molar-refractivity contribution in [2.24, 2.45) is 5.92 Å². The molecule has 1 aromatic carbocycles. The molecular formula is C17H25ClO. The average molecular weight is 281 g/mol. The SMILES string of the molecule is CCOCCCC1CC(c2ccccc2)CCC1Cl. The fraction of sp³-hybridized carbons (Fsp3) is 0.647. The minimum Gasteiger partial charge on any atom is -0.382 e. The monoisotopic (exact) mass is 280 g/mol. The van der Waals surface area contributed by atoms with E-state index in [4.69, 9.17) is 16.3 Å². The number of ether oxygens (including phenoxy) is 1. The molecule has 0 bridgehead atoms. The van der Waals surface area contributed by atoms with Crippen LogP contribution >= 0.6 is 11.6 Å². The van der Waals surface area contributed by atoms with Crippen LogP contribution in [0.3, 0.4) is 0 Å². The second kappa shape index (κ2) is 7.91. The van der Waals surface area contributed by atoms with Gasteiger partial charge in [-0.1, -0.05) is 30.3 Å². The van der Waals surface area contributed by atoms with Crippen LogP contribution in [0.4, 0.5) is 0 Å². The van der Waals surface area contributed by atoms with Crippen LogP contribution in [0.1, 0.15) is 50.5 Å². The maximum Gasteiger partial charge on any atom is 0.0466 e. The molecule has 2 rings (SSSR count). The number of hydrogen-bond donors (Lipinski definition) is 0. The number of benzene rings is 1. The molecule has 0 aromatic heterocycles. The Hall–Kier alpha value is -0.530. The van der Waals surface area contributed by atoms with Crippen LogP contribution in [0.2, 0.25) is 0 Å². The number of rotatable bonds is 6. The summed E-state index contributed by atoms with van der Waals surface area (Å²) in [5.41, 5.74) is 1.49. The van der Waals surface area contributed by atoms with Crippen molar-refractivity contribution in [3.8, 4) is 0 Å². The van der Waals surface area contributed by atoms with E-state index in [0.29, 0.717) is 17.2 Å². The number of hydrogen-bond acceptors (Lipinski definition) is 1. The molecule has 1 fully saturated rings. The highest BCUT2D eigenvalue weighted by molar-refractivity contribution is 6.20. The Kier molecular flexibility index (Phi) is 6.19. The third-order valence-corrected chi connectivity index (χ3v) is 4.80. The Bertz CT molecular complexity index is 352. The van der Waals surface area contributed by atoms with Gasteiger partial charge in [0.25, 0.3) is 0 Å². The van der Waals surface area contributed by atoms with Crippen molar-refractivity contribution < 1.29 is 4.74 Å². The lowest BCUT2D eigenvalue weighted by Gasteiger charge is -2.33. The molecule has 3 unspecified atom stereocenters. The van der Waals surface area contributed by atoms with E-state index in [1.807, 2.05) is 0 Å². The van der Waals surface area contributed by atoms with Gasteiger partial charge in [-0.3, -0.25) is 0 Å². The van der Waals surface area contributed by atoms with Crippen molar-refractivity contribution in [1.82, 2.24) is 0 Å². The highest BCUT2D eigenvalue weighted by atomic mass is 35.5. The predicted molar refractivity (Wildman–Crippen MR) is 81.9 cm³/mol. The predicted octanol–water partition coefficient (Wildman–Crippen LogP) is 4.99. The summed E-state index contributed by atoms with van der Waals surface area (Å²) in [6.45, 7) is 3.75. The molecule has 106 valence electrons. The number of halogens is 1. The van der Waals surface area contributed by atoms with Gasteiger partial charge in [-0.2, -0.15) is 0 Å². The Morgan fingerprint density at radius 3 is 2.74 bits per heavy atom. The van der Waals surface area contributed by atoms with E-state index in [9.17, 15) is 0 Å². The summed E-state index contributed by atoms with van der Waals surface area (Å²) >= 11 is 6.51. The zero-order valence-electron chi connectivity index (χ0n) is 11.9. The first-order chi connectivity index (χ1) is 9.31. The van der Waals surface area contributed by atoms with Gasteiger partial charge >= 0.3 is 0 Å². The molecule has 0 N–H and O–H groups in total. The normalized spacial score (nSPS) is 27.4. The number of alkyl halides is 1. The molecule has 1 aliphatic carbocycles. The lowest BCUT2D eigenvalue weighted by molar-refractivity contribution is 0.136. The molecule has 0 radical (unpaired) electrons. The summed E-state index contributed by atoms with van der Waals surface area (Å²) < 4.78 is 5.43. The molecular weight excluding hydrogens is 256 g/mol. The Labute approximate surface area is 122 Å². The van der Waals surface area contributed by atoms with Gasteiger partial charge in [0, 0.05) is 18.6 Å². The molecule has 0 spiro atoms. The Morgan fingerprint density at radius 1 is 1.21 bits per heavy atom. The van der Waals surface area contributed by atoms with Crippen molar-refractivity contribution in [3.05, 3.63) is 35.9 Å². The Balaban J connectivity index is 1.85. The van der Waals surface area contributed by atoms with Crippen LogP contribution in [0.15, 0.2) is 30.3 Å². The minimum absolute atomic E-state index is 0.363. The first-order valence-corrected chi connectivity index (χ1v) is 8.01. The summed E-state index contributed by atoms with van der Waals surface area (Å²) in [4.78, 5) is 0. The fourth-order valence-electron chi connectivity index (χ4n) is 3.15. The second-order valence-corrected chi connectivity index (χ2v) is 6.10. The maximum atomic E-state index is 6.51. The summed E-state index contributed by atoms with van der Waals surface area (Å²) in [5, 5.41) is 0.363. The van der Waals surface area contributed by atoms with E-state index >= 15 is 0 Å². The molecule has 0 heterocycles. The molecule has 1 aliphatic rings. The van der Waals surface area contributed by atoms with Gasteiger partial charge in [-0.15, -0.1) is 11.6 Å². The maximum absolute atomic E-state index is 6.51. The quantitative estimate of drug-likeness (QED) is 0.527. The van der Waals surface area contributed by atoms with Crippen LogP contribution in [-0.4, -0.2) is 18.6 Å². The first kappa shape index (κ1) is 14.9. The van der Waals surface area contributed by atoms with Crippen molar-refractivity contribution >= 4 is 11.6 Å². The van der Waals surface area contributed by atoms with Crippen molar-refractivity contribution in [2.45, 2.75) is 50.3 Å². The Morgan fingerprint density at radius 2 is 2.00 bits per heavy atom. The lowest BCUT2D eigenvalue weighted by Crippen LogP contribution is -2.24. The molecule has 1 aromatic rings. The summed E-state index contributed by atoms with van der Waals surface area (Å²) in [6.07, 6.45) is 5.98. The van der Waals surface area contributed by atoms with E-state index in [-0.39, 0.29) is 0 Å². The summed E-state index contributed by atoms with van der Waals surface area (Å²) in [7, 11) is 0. The second-order valence-electron chi connectivity index (χ2n) is 5.54. The van der Waals surface area contributed by atoms with E-state index < -0.39 is 0 Å². The van der Waals surface area contributed by atoms with Crippen LogP contribution in [-0.2, 0) is 4.74 Å². The van der Waals surface area contributed by atoms with Gasteiger partial charge < -0.3 is 4.74 Å². The van der Waals surface area contributed by atoms with E-state index in [0.717, 1.165) is 26.1 Å². The van der Waals surface area contributed by atoms with Gasteiger partial charge in [0.05, 0.1) is 0 Å². The van der Waals surface area contributed by atoms with Crippen molar-refractivity contribution in [2.75, 3.05) is 13.2 Å². The van der Waals surface area contributed by atoms with Crippen molar-refractivity contribution in [3.63, 3.8) is 0 Å². The zero-order chi connectivity index (χ0) is 13.5. The molecule has 0 saturated heterocycles. The molecule has 1 nitrogen and oxygen atoms in total. The standard InChI is InChI=1S/C17H25ClO/c1-2-19-12-6-9-16-13-15(10-11-17(16)18)14-7-4-3-5-8-14/h3-5,7-8,15-17H,2,6,9-13H2,1H3. The smallest absolute Gasteiger partial charge is 0.0466 e. The lowest BCUT2D eigenvalue weighted by atomic mass is 9.76. The molecule has 19 heavy (non-hydrogen) atoms. The summed E-state index contributed by atoms with van der Waals surface area (Å²) in [5.74, 6) is 1.36. The van der Waals surface area contributed by atoms with Gasteiger partial charge in [0.2, 0.25) is 0 Å². The third kappa shape index (κ3) is 4.50. The fourth-order valence-corrected chi connectivity index (χ4v) is 3.50. The van der Waals surface area contributed by atoms with Crippen LogP contribution in [0, 0.1) is 5.92 Å². The molecule has 0 aliphatic heterocycles. The van der Waals surface area contributed by atoms with E-state index in [2.05, 4.69) is 37.3 Å². The summed E-state index contributed by atoms with van der Waals surface area (Å²) in [6, 6.07) is 10.9. The van der Waals surface area contributed by atoms with Gasteiger partial charge in [0.15, 0.2) is 0 Å². The van der Waals surface area contributed by atoms with Gasteiger partial charge in [-0.05, 0) is 56.4 Å². The van der Waals surface area contributed by atoms with Crippen LogP contribution in [0.25, 0.3) is 0 Å². The highest BCUT2D eigenvalue weighted by Crippen LogP contribution is 2.40.